The normalized spacial score (nSPS) is 26.9. The van der Waals surface area contributed by atoms with Crippen molar-refractivity contribution in [2.45, 2.75) is 62.9 Å². The molecule has 3 N–H and O–H groups in total. The summed E-state index contributed by atoms with van der Waals surface area (Å²) in [6, 6.07) is -0.165. The summed E-state index contributed by atoms with van der Waals surface area (Å²) in [5.74, 6) is -2.73. The number of aromatic nitrogens is 3. The molecule has 33 heavy (non-hydrogen) atoms. The lowest BCUT2D eigenvalue weighted by molar-refractivity contribution is -0.000660. The number of nitrogens with one attached hydrogen (secondary N) is 2. The first-order valence-electron chi connectivity index (χ1n) is 10.8. The van der Waals surface area contributed by atoms with Gasteiger partial charge in [-0.3, -0.25) is 0 Å². The third-order valence-corrected chi connectivity index (χ3v) is 7.41. The summed E-state index contributed by atoms with van der Waals surface area (Å²) in [7, 11) is -3.42. The van der Waals surface area contributed by atoms with E-state index in [1.807, 2.05) is 0 Å². The van der Waals surface area contributed by atoms with Gasteiger partial charge in [-0.25, -0.2) is 36.5 Å². The van der Waals surface area contributed by atoms with Gasteiger partial charge in [0.2, 0.25) is 16.0 Å². The van der Waals surface area contributed by atoms with Crippen molar-refractivity contribution >= 4 is 32.7 Å². The van der Waals surface area contributed by atoms with E-state index in [1.165, 1.54) is 23.5 Å². The van der Waals surface area contributed by atoms with E-state index >= 15 is 0 Å². The van der Waals surface area contributed by atoms with E-state index in [2.05, 4.69) is 25.6 Å². The van der Waals surface area contributed by atoms with Crippen molar-refractivity contribution < 1.29 is 26.7 Å². The molecule has 2 aromatic rings. The Kier molecular flexibility index (Phi) is 6.40. The number of alkyl halides is 3. The molecule has 2 unspecified atom stereocenters. The summed E-state index contributed by atoms with van der Waals surface area (Å²) in [4.78, 5) is 12.8. The molecule has 2 aromatic heterocycles. The first-order chi connectivity index (χ1) is 15.4. The fourth-order valence-corrected chi connectivity index (χ4v) is 5.10. The maximum absolute atomic E-state index is 14.2. The molecule has 0 spiro atoms. The number of hydrogen-bond acceptors (Lipinski definition) is 8. The van der Waals surface area contributed by atoms with E-state index in [-0.39, 0.29) is 48.9 Å². The van der Waals surface area contributed by atoms with E-state index < -0.39 is 40.3 Å². The molecule has 0 amide bonds. The van der Waals surface area contributed by atoms with Crippen molar-refractivity contribution in [1.29, 1.82) is 0 Å². The number of piperidine rings is 1. The Morgan fingerprint density at radius 1 is 1.27 bits per heavy atom. The van der Waals surface area contributed by atoms with E-state index in [4.69, 9.17) is 0 Å². The van der Waals surface area contributed by atoms with Gasteiger partial charge >= 0.3 is 0 Å². The minimum atomic E-state index is -3.42. The zero-order valence-corrected chi connectivity index (χ0v) is 19.1. The zero-order chi connectivity index (χ0) is 24.0. The summed E-state index contributed by atoms with van der Waals surface area (Å²) in [6.45, 7) is 1.47. The molecule has 13 heteroatoms. The van der Waals surface area contributed by atoms with Gasteiger partial charge in [0.15, 0.2) is 5.82 Å². The monoisotopic (exact) mass is 488 g/mol. The molecule has 1 saturated heterocycles. The first kappa shape index (κ1) is 23.9. The highest BCUT2D eigenvalue weighted by Crippen LogP contribution is 2.38. The summed E-state index contributed by atoms with van der Waals surface area (Å²) < 4.78 is 67.1. The molecule has 0 bridgehead atoms. The maximum atomic E-state index is 14.2. The lowest BCUT2D eigenvalue weighted by Gasteiger charge is -2.34. The van der Waals surface area contributed by atoms with Crippen LogP contribution in [0.4, 0.5) is 24.9 Å². The topological polar surface area (TPSA) is 120 Å². The molecule has 182 valence electrons. The highest BCUT2D eigenvalue weighted by Gasteiger charge is 2.44. The van der Waals surface area contributed by atoms with Crippen LogP contribution in [0.15, 0.2) is 12.3 Å². The highest BCUT2D eigenvalue weighted by atomic mass is 32.2. The number of anilines is 2. The van der Waals surface area contributed by atoms with E-state index in [0.29, 0.717) is 18.2 Å². The number of nitrogens with zero attached hydrogens (tertiary/aromatic N) is 4. The van der Waals surface area contributed by atoms with E-state index in [1.54, 1.807) is 0 Å². The second-order valence-corrected chi connectivity index (χ2v) is 10.7. The van der Waals surface area contributed by atoms with Gasteiger partial charge in [0.05, 0.1) is 30.1 Å². The fourth-order valence-electron chi connectivity index (χ4n) is 4.24. The average molecular weight is 489 g/mol. The van der Waals surface area contributed by atoms with Crippen LogP contribution in [0.25, 0.3) is 10.9 Å². The van der Waals surface area contributed by atoms with Gasteiger partial charge < -0.3 is 15.7 Å². The first-order valence-corrected chi connectivity index (χ1v) is 12.6. The third-order valence-electron chi connectivity index (χ3n) is 6.15. The smallest absolute Gasteiger partial charge is 0.267 e. The Morgan fingerprint density at radius 3 is 2.64 bits per heavy atom. The fraction of sp³-hybridized carbons (Fsp3) is 0.650. The number of sulfonamides is 1. The molecule has 2 fully saturated rings. The van der Waals surface area contributed by atoms with Gasteiger partial charge in [0.1, 0.15) is 11.7 Å². The van der Waals surface area contributed by atoms with Crippen LogP contribution in [0, 0.1) is 0 Å². The van der Waals surface area contributed by atoms with Gasteiger partial charge in [-0.1, -0.05) is 0 Å². The van der Waals surface area contributed by atoms with Crippen LogP contribution in [0.3, 0.4) is 0 Å². The maximum Gasteiger partial charge on any atom is 0.267 e. The minimum Gasteiger partial charge on any atom is -0.390 e. The van der Waals surface area contributed by atoms with Crippen molar-refractivity contribution in [3.8, 4) is 0 Å². The lowest BCUT2D eigenvalue weighted by Crippen LogP contribution is -2.51. The second kappa shape index (κ2) is 8.84. The number of pyridine rings is 1. The predicted octanol–water partition coefficient (Wildman–Crippen LogP) is 2.46. The quantitative estimate of drug-likeness (QED) is 0.567. The Morgan fingerprint density at radius 2 is 2.03 bits per heavy atom. The van der Waals surface area contributed by atoms with Crippen molar-refractivity contribution in [1.82, 2.24) is 19.3 Å². The largest absolute Gasteiger partial charge is 0.390 e. The summed E-state index contributed by atoms with van der Waals surface area (Å²) in [5.41, 5.74) is 0.335. The van der Waals surface area contributed by atoms with Gasteiger partial charge in [-0.15, -0.1) is 0 Å². The SMILES string of the molecule is CC(F)c1cc2cnc(N[C@H]3CCN(S(C)(=O)=O)C[C@H]3O)nc2c(NC2CCCC2(F)F)n1. The molecule has 2 aliphatic rings. The average Bonchev–Trinajstić information content (AvgIpc) is 3.06. The molecular formula is C20H27F3N6O3S. The molecule has 1 saturated carbocycles. The molecule has 9 nitrogen and oxygen atoms in total. The number of hydrogen-bond donors (Lipinski definition) is 3. The van der Waals surface area contributed by atoms with Crippen molar-refractivity contribution in [3.05, 3.63) is 18.0 Å². The third kappa shape index (κ3) is 5.14. The highest BCUT2D eigenvalue weighted by molar-refractivity contribution is 7.88. The van der Waals surface area contributed by atoms with Crippen LogP contribution < -0.4 is 10.6 Å². The zero-order valence-electron chi connectivity index (χ0n) is 18.3. The molecule has 0 radical (unpaired) electrons. The van der Waals surface area contributed by atoms with Crippen molar-refractivity contribution in [3.63, 3.8) is 0 Å². The number of fused-ring (bicyclic) bond motifs is 1. The summed E-state index contributed by atoms with van der Waals surface area (Å²) in [5, 5.41) is 16.6. The number of halogens is 3. The van der Waals surface area contributed by atoms with Crippen LogP contribution in [0.5, 0.6) is 0 Å². The molecule has 4 atom stereocenters. The standard InChI is InChI=1S/C20H27F3N6O3S/c1-11(21)14-8-12-9-24-19(26-13-5-7-29(10-15(13)30)33(2,31)32)28-17(12)18(25-14)27-16-4-3-6-20(16,22)23/h8-9,11,13,15-16,30H,3-7,10H2,1-2H3,(H,25,27)(H,24,26,28)/t11?,13-,15+,16?/m0/s1. The summed E-state index contributed by atoms with van der Waals surface area (Å²) in [6.07, 6.45) is 0.845. The van der Waals surface area contributed by atoms with Crippen LogP contribution >= 0.6 is 0 Å². The van der Waals surface area contributed by atoms with E-state index in [0.717, 1.165) is 6.26 Å². The van der Waals surface area contributed by atoms with E-state index in [9.17, 15) is 26.7 Å². The van der Waals surface area contributed by atoms with Gasteiger partial charge in [0, 0.05) is 31.1 Å². The van der Waals surface area contributed by atoms with Gasteiger partial charge in [0.25, 0.3) is 5.92 Å². The van der Waals surface area contributed by atoms with Crippen LogP contribution in [-0.4, -0.2) is 76.2 Å². The second-order valence-electron chi connectivity index (χ2n) is 8.72. The molecule has 4 rings (SSSR count). The molecule has 1 aliphatic carbocycles. The number of β-amino-alcohol motifs (C(OH)–C–C–N with tert-alkyl or cyclic N) is 1. The van der Waals surface area contributed by atoms with Crippen molar-refractivity contribution in [2.75, 3.05) is 30.0 Å². The molecule has 0 aromatic carbocycles. The number of aliphatic hydroxyl groups is 1. The molecular weight excluding hydrogens is 461 g/mol. The Bertz CT molecular complexity index is 1130. The Labute approximate surface area is 189 Å². The summed E-state index contributed by atoms with van der Waals surface area (Å²) >= 11 is 0. The number of aliphatic hydroxyl groups excluding tert-OH is 1. The Balaban J connectivity index is 1.61. The van der Waals surface area contributed by atoms with Crippen molar-refractivity contribution in [2.24, 2.45) is 0 Å². The van der Waals surface area contributed by atoms with Gasteiger partial charge in [-0.2, -0.15) is 4.31 Å². The number of rotatable bonds is 6. The molecule has 3 heterocycles. The van der Waals surface area contributed by atoms with Crippen LogP contribution in [0.1, 0.15) is 44.5 Å². The van der Waals surface area contributed by atoms with Crippen LogP contribution in [-0.2, 0) is 10.0 Å². The molecule has 1 aliphatic heterocycles. The Hall–Kier alpha value is -2.25. The van der Waals surface area contributed by atoms with Gasteiger partial charge in [-0.05, 0) is 32.3 Å². The predicted molar refractivity (Wildman–Crippen MR) is 118 cm³/mol. The lowest BCUT2D eigenvalue weighted by atomic mass is 10.0. The van der Waals surface area contributed by atoms with Crippen LogP contribution in [0.2, 0.25) is 0 Å². The minimum absolute atomic E-state index is 0.0523.